The van der Waals surface area contributed by atoms with Gasteiger partial charge in [-0.2, -0.15) is 0 Å². The monoisotopic (exact) mass is 334 g/mol. The van der Waals surface area contributed by atoms with Crippen LogP contribution in [0.4, 0.5) is 5.88 Å². The van der Waals surface area contributed by atoms with Crippen LogP contribution in [0.25, 0.3) is 0 Å². The van der Waals surface area contributed by atoms with Crippen molar-refractivity contribution >= 4 is 11.8 Å². The molecule has 1 aliphatic heterocycles. The topological polar surface area (TPSA) is 116 Å². The second-order valence-electron chi connectivity index (χ2n) is 6.09. The third kappa shape index (κ3) is 3.15. The molecule has 3 rings (SSSR count). The third-order valence-electron chi connectivity index (χ3n) is 4.06. The van der Waals surface area contributed by atoms with Crippen molar-refractivity contribution in [3.63, 3.8) is 0 Å². The zero-order valence-corrected chi connectivity index (χ0v) is 13.5. The molecule has 0 atom stereocenters. The lowest BCUT2D eigenvalue weighted by Crippen LogP contribution is -2.37. The first-order valence-electron chi connectivity index (χ1n) is 7.82. The number of hydrogen-bond acceptors (Lipinski definition) is 7. The summed E-state index contributed by atoms with van der Waals surface area (Å²) in [6, 6.07) is 2.52. The molecule has 0 unspecified atom stereocenters. The van der Waals surface area contributed by atoms with E-state index in [4.69, 9.17) is 8.83 Å². The van der Waals surface area contributed by atoms with E-state index in [0.717, 1.165) is 0 Å². The molecule has 128 valence electrons. The molecule has 3 heterocycles. The molecule has 9 nitrogen and oxygen atoms in total. The maximum absolute atomic E-state index is 12.3. The first-order valence-corrected chi connectivity index (χ1v) is 7.82. The highest BCUT2D eigenvalue weighted by molar-refractivity contribution is 5.91. The number of piperidine rings is 1. The molecule has 0 aliphatic carbocycles. The number of hydrogen-bond donors (Lipinski definition) is 0. The van der Waals surface area contributed by atoms with E-state index in [9.17, 15) is 14.9 Å². The first-order chi connectivity index (χ1) is 11.5. The number of carbonyl (C=O) groups excluding carboxylic acids is 1. The maximum atomic E-state index is 12.3. The van der Waals surface area contributed by atoms with Crippen molar-refractivity contribution in [3.8, 4) is 0 Å². The number of rotatable bonds is 4. The molecule has 2 aromatic heterocycles. The molecule has 1 saturated heterocycles. The van der Waals surface area contributed by atoms with Gasteiger partial charge in [-0.1, -0.05) is 13.8 Å². The molecule has 9 heteroatoms. The summed E-state index contributed by atoms with van der Waals surface area (Å²) in [6.45, 7) is 5.00. The van der Waals surface area contributed by atoms with Crippen LogP contribution in [-0.4, -0.2) is 39.0 Å². The number of nitro groups is 1. The number of furan rings is 1. The minimum atomic E-state index is -0.662. The van der Waals surface area contributed by atoms with Crippen LogP contribution < -0.4 is 0 Å². The van der Waals surface area contributed by atoms with E-state index >= 15 is 0 Å². The quantitative estimate of drug-likeness (QED) is 0.623. The van der Waals surface area contributed by atoms with Gasteiger partial charge in [0.15, 0.2) is 5.76 Å². The summed E-state index contributed by atoms with van der Waals surface area (Å²) in [5.74, 6) is 0.753. The number of nitrogens with zero attached hydrogens (tertiary/aromatic N) is 4. The van der Waals surface area contributed by atoms with Gasteiger partial charge >= 0.3 is 5.88 Å². The Kier molecular flexibility index (Phi) is 4.32. The van der Waals surface area contributed by atoms with E-state index in [2.05, 4.69) is 10.2 Å². The van der Waals surface area contributed by atoms with Crippen LogP contribution in [0.1, 0.15) is 60.9 Å². The Labute approximate surface area is 137 Å². The fourth-order valence-electron chi connectivity index (χ4n) is 2.67. The fraction of sp³-hybridized carbons (Fsp3) is 0.533. The van der Waals surface area contributed by atoms with Crippen LogP contribution in [-0.2, 0) is 0 Å². The van der Waals surface area contributed by atoms with Gasteiger partial charge < -0.3 is 13.7 Å². The normalized spacial score (nSPS) is 15.9. The van der Waals surface area contributed by atoms with Crippen molar-refractivity contribution in [2.45, 2.75) is 38.5 Å². The van der Waals surface area contributed by atoms with Gasteiger partial charge in [0.2, 0.25) is 11.8 Å². The molecule has 2 aromatic rings. The van der Waals surface area contributed by atoms with E-state index < -0.39 is 10.8 Å². The number of carbonyl (C=O) groups is 1. The van der Waals surface area contributed by atoms with Crippen LogP contribution >= 0.6 is 0 Å². The highest BCUT2D eigenvalue weighted by Gasteiger charge is 2.30. The summed E-state index contributed by atoms with van der Waals surface area (Å²) >= 11 is 0. The van der Waals surface area contributed by atoms with Crippen LogP contribution in [0.2, 0.25) is 0 Å². The summed E-state index contributed by atoms with van der Waals surface area (Å²) in [5.41, 5.74) is 0. The summed E-state index contributed by atoms with van der Waals surface area (Å²) < 4.78 is 10.6. The zero-order valence-electron chi connectivity index (χ0n) is 13.5. The van der Waals surface area contributed by atoms with E-state index in [1.807, 2.05) is 13.8 Å². The van der Waals surface area contributed by atoms with Crippen LogP contribution in [0.5, 0.6) is 0 Å². The van der Waals surface area contributed by atoms with E-state index in [-0.39, 0.29) is 23.5 Å². The van der Waals surface area contributed by atoms with Crippen molar-refractivity contribution in [1.82, 2.24) is 15.1 Å². The second kappa shape index (κ2) is 6.42. The highest BCUT2D eigenvalue weighted by atomic mass is 16.6. The molecule has 1 fully saturated rings. The predicted octanol–water partition coefficient (Wildman–Crippen LogP) is 2.71. The predicted molar refractivity (Wildman–Crippen MR) is 81.6 cm³/mol. The zero-order chi connectivity index (χ0) is 17.3. The van der Waals surface area contributed by atoms with Crippen molar-refractivity contribution in [3.05, 3.63) is 39.8 Å². The Balaban J connectivity index is 1.61. The molecular formula is C15H18N4O5. The number of amides is 1. The first kappa shape index (κ1) is 16.2. The van der Waals surface area contributed by atoms with Gasteiger partial charge in [0, 0.05) is 24.9 Å². The third-order valence-corrected chi connectivity index (χ3v) is 4.06. The van der Waals surface area contributed by atoms with E-state index in [1.165, 1.54) is 12.1 Å². The molecule has 0 aromatic carbocycles. The van der Waals surface area contributed by atoms with E-state index in [0.29, 0.717) is 37.7 Å². The Morgan fingerprint density at radius 3 is 2.54 bits per heavy atom. The van der Waals surface area contributed by atoms with Crippen molar-refractivity contribution in [2.75, 3.05) is 13.1 Å². The Morgan fingerprint density at radius 1 is 1.29 bits per heavy atom. The summed E-state index contributed by atoms with van der Waals surface area (Å²) in [7, 11) is 0. The van der Waals surface area contributed by atoms with Crippen LogP contribution in [0.15, 0.2) is 21.0 Å². The molecule has 0 saturated carbocycles. The SMILES string of the molecule is CC(C)c1nnc(C2CCN(C(=O)c3ccc([N+](=O)[O-])o3)CC2)o1. The summed E-state index contributed by atoms with van der Waals surface area (Å²) in [4.78, 5) is 23.9. The van der Waals surface area contributed by atoms with Crippen molar-refractivity contribution in [2.24, 2.45) is 0 Å². The molecule has 0 spiro atoms. The molecule has 24 heavy (non-hydrogen) atoms. The number of aromatic nitrogens is 2. The summed E-state index contributed by atoms with van der Waals surface area (Å²) in [5, 5.41) is 18.8. The lowest BCUT2D eigenvalue weighted by molar-refractivity contribution is -0.402. The highest BCUT2D eigenvalue weighted by Crippen LogP contribution is 2.29. The standard InChI is InChI=1S/C15H18N4O5/c1-9(2)13-16-17-14(24-13)10-5-7-18(8-6-10)15(20)11-3-4-12(23-11)19(21)22/h3-4,9-10H,5-8H2,1-2H3. The second-order valence-corrected chi connectivity index (χ2v) is 6.09. The largest absolute Gasteiger partial charge is 0.433 e. The average Bonchev–Trinajstić information content (AvgIpc) is 3.24. The van der Waals surface area contributed by atoms with Crippen molar-refractivity contribution < 1.29 is 18.6 Å². The minimum Gasteiger partial charge on any atom is -0.425 e. The molecular weight excluding hydrogens is 316 g/mol. The van der Waals surface area contributed by atoms with Crippen LogP contribution in [0.3, 0.4) is 0 Å². The van der Waals surface area contributed by atoms with Gasteiger partial charge in [-0.15, -0.1) is 10.2 Å². The molecule has 0 radical (unpaired) electrons. The minimum absolute atomic E-state index is 0.0139. The lowest BCUT2D eigenvalue weighted by Gasteiger charge is -2.29. The van der Waals surface area contributed by atoms with Gasteiger partial charge in [0.25, 0.3) is 5.91 Å². The number of likely N-dealkylation sites (tertiary alicyclic amines) is 1. The van der Waals surface area contributed by atoms with Crippen molar-refractivity contribution in [1.29, 1.82) is 0 Å². The molecule has 0 N–H and O–H groups in total. The lowest BCUT2D eigenvalue weighted by atomic mass is 9.96. The smallest absolute Gasteiger partial charge is 0.425 e. The van der Waals surface area contributed by atoms with Gasteiger partial charge in [0.1, 0.15) is 4.92 Å². The van der Waals surface area contributed by atoms with Gasteiger partial charge in [-0.25, -0.2) is 0 Å². The van der Waals surface area contributed by atoms with Gasteiger partial charge in [0.05, 0.1) is 6.07 Å². The fourth-order valence-corrected chi connectivity index (χ4v) is 2.67. The average molecular weight is 334 g/mol. The maximum Gasteiger partial charge on any atom is 0.433 e. The molecule has 0 bridgehead atoms. The van der Waals surface area contributed by atoms with Gasteiger partial charge in [-0.05, 0) is 18.9 Å². The molecule has 1 amide bonds. The van der Waals surface area contributed by atoms with E-state index in [1.54, 1.807) is 4.90 Å². The summed E-state index contributed by atoms with van der Waals surface area (Å²) in [6.07, 6.45) is 1.41. The Hall–Kier alpha value is -2.71. The Morgan fingerprint density at radius 2 is 2.00 bits per heavy atom. The molecule has 1 aliphatic rings. The van der Waals surface area contributed by atoms with Crippen LogP contribution in [0, 0.1) is 10.1 Å². The Bertz CT molecular complexity index is 743. The van der Waals surface area contributed by atoms with Gasteiger partial charge in [-0.3, -0.25) is 14.9 Å².